The Hall–Kier alpha value is -2.60. The van der Waals surface area contributed by atoms with Gasteiger partial charge in [0.2, 0.25) is 15.9 Å². The Morgan fingerprint density at radius 3 is 2.56 bits per heavy atom. The van der Waals surface area contributed by atoms with E-state index < -0.39 is 45.2 Å². The molecule has 39 heavy (non-hydrogen) atoms. The number of hydrogen-bond donors (Lipinski definition) is 2. The summed E-state index contributed by atoms with van der Waals surface area (Å²) in [6.07, 6.45) is 3.46. The van der Waals surface area contributed by atoms with Crippen LogP contribution in [0.15, 0.2) is 41.3 Å². The van der Waals surface area contributed by atoms with Gasteiger partial charge in [-0.05, 0) is 61.4 Å². The Kier molecular flexibility index (Phi) is 6.89. The fraction of sp³-hybridized carbons (Fsp3) is 0.536. The van der Waals surface area contributed by atoms with E-state index in [1.54, 1.807) is 0 Å². The summed E-state index contributed by atoms with van der Waals surface area (Å²) in [5, 5.41) is 13.6. The zero-order chi connectivity index (χ0) is 27.4. The number of carbonyl (C=O) groups is 1. The molecule has 0 bridgehead atoms. The van der Waals surface area contributed by atoms with Crippen molar-refractivity contribution in [3.8, 4) is 16.9 Å². The van der Waals surface area contributed by atoms with Crippen LogP contribution in [0, 0.1) is 17.6 Å². The second-order valence-electron chi connectivity index (χ2n) is 11.4. The Labute approximate surface area is 227 Å². The average molecular weight is 562 g/mol. The van der Waals surface area contributed by atoms with Crippen LogP contribution in [0.2, 0.25) is 0 Å². The molecule has 2 saturated heterocycles. The van der Waals surface area contributed by atoms with Crippen LogP contribution in [0.5, 0.6) is 5.75 Å². The van der Waals surface area contributed by atoms with Crippen LogP contribution in [-0.4, -0.2) is 79.1 Å². The summed E-state index contributed by atoms with van der Waals surface area (Å²) < 4.78 is 62.9. The topological polar surface area (TPSA) is 99.2 Å². The number of hydrogen-bond acceptors (Lipinski definition) is 6. The number of sulfonamides is 1. The highest BCUT2D eigenvalue weighted by Crippen LogP contribution is 2.38. The summed E-state index contributed by atoms with van der Waals surface area (Å²) in [7, 11) is -4.25. The maximum atomic E-state index is 14.6. The van der Waals surface area contributed by atoms with Crippen LogP contribution in [0.1, 0.15) is 38.5 Å². The Morgan fingerprint density at radius 1 is 1.08 bits per heavy atom. The highest BCUT2D eigenvalue weighted by Gasteiger charge is 2.47. The van der Waals surface area contributed by atoms with Gasteiger partial charge in [-0.2, -0.15) is 4.31 Å². The molecule has 11 heteroatoms. The van der Waals surface area contributed by atoms with Crippen LogP contribution in [0.3, 0.4) is 0 Å². The maximum Gasteiger partial charge on any atom is 0.247 e. The number of carbonyl (C=O) groups excluding carboxylic acids is 1. The quantitative estimate of drug-likeness (QED) is 0.598. The van der Waals surface area contributed by atoms with Gasteiger partial charge in [0.1, 0.15) is 28.3 Å². The number of rotatable bonds is 3. The van der Waals surface area contributed by atoms with Crippen molar-refractivity contribution >= 4 is 15.9 Å². The molecule has 8 nitrogen and oxygen atoms in total. The van der Waals surface area contributed by atoms with Gasteiger partial charge in [-0.15, -0.1) is 0 Å². The first-order valence-corrected chi connectivity index (χ1v) is 15.0. The van der Waals surface area contributed by atoms with Gasteiger partial charge in [-0.3, -0.25) is 4.79 Å². The summed E-state index contributed by atoms with van der Waals surface area (Å²) in [5.74, 6) is -1.09. The van der Waals surface area contributed by atoms with Gasteiger partial charge in [0.05, 0.1) is 12.7 Å². The first-order chi connectivity index (χ1) is 18.6. The zero-order valence-corrected chi connectivity index (χ0v) is 22.4. The Morgan fingerprint density at radius 2 is 1.85 bits per heavy atom. The van der Waals surface area contributed by atoms with Crippen molar-refractivity contribution in [2.24, 2.45) is 5.92 Å². The van der Waals surface area contributed by atoms with Crippen LogP contribution in [0.25, 0.3) is 11.1 Å². The normalized spacial score (nSPS) is 27.2. The second-order valence-corrected chi connectivity index (χ2v) is 13.2. The first kappa shape index (κ1) is 26.6. The number of piperidine rings is 1. The van der Waals surface area contributed by atoms with Crippen molar-refractivity contribution in [3.05, 3.63) is 48.0 Å². The van der Waals surface area contributed by atoms with Crippen LogP contribution < -0.4 is 10.1 Å². The third-order valence-corrected chi connectivity index (χ3v) is 10.5. The van der Waals surface area contributed by atoms with Gasteiger partial charge in [0, 0.05) is 56.2 Å². The molecule has 2 N–H and O–H groups in total. The molecule has 0 unspecified atom stereocenters. The van der Waals surface area contributed by atoms with E-state index in [0.29, 0.717) is 24.8 Å². The van der Waals surface area contributed by atoms with E-state index in [-0.39, 0.29) is 35.8 Å². The number of nitrogens with zero attached hydrogens (tertiary/aromatic N) is 2. The average Bonchev–Trinajstić information content (AvgIpc) is 3.62. The van der Waals surface area contributed by atoms with E-state index in [1.807, 2.05) is 0 Å². The first-order valence-electron chi connectivity index (χ1n) is 13.6. The van der Waals surface area contributed by atoms with Gasteiger partial charge < -0.3 is 20.1 Å². The predicted octanol–water partition coefficient (Wildman–Crippen LogP) is 2.90. The number of amides is 1. The van der Waals surface area contributed by atoms with E-state index in [1.165, 1.54) is 37.1 Å². The molecule has 0 aromatic heterocycles. The SMILES string of the molecule is O=C1NC2(CCOc3cc(-c4ccc(F)cc4F)ccc3S(=O)(=O)N3C[C@H](O)C[C@@H]13)CCN(CC1CC1)CC2. The summed E-state index contributed by atoms with van der Waals surface area (Å²) in [6.45, 7) is 2.66. The molecule has 3 aliphatic heterocycles. The van der Waals surface area contributed by atoms with Crippen LogP contribution in [-0.2, 0) is 14.8 Å². The largest absolute Gasteiger partial charge is 0.492 e. The maximum absolute atomic E-state index is 14.6. The minimum absolute atomic E-state index is 0.00398. The summed E-state index contributed by atoms with van der Waals surface area (Å²) in [4.78, 5) is 15.8. The predicted molar refractivity (Wildman–Crippen MR) is 139 cm³/mol. The zero-order valence-electron chi connectivity index (χ0n) is 21.6. The molecule has 1 aliphatic carbocycles. The number of fused-ring (bicyclic) bond motifs is 2. The number of aliphatic hydroxyl groups is 1. The molecule has 2 aromatic carbocycles. The highest BCUT2D eigenvalue weighted by molar-refractivity contribution is 7.89. The fourth-order valence-corrected chi connectivity index (χ4v) is 7.86. The number of ether oxygens (including phenoxy) is 1. The number of halogens is 2. The van der Waals surface area contributed by atoms with Gasteiger partial charge >= 0.3 is 0 Å². The summed E-state index contributed by atoms with van der Waals surface area (Å²) in [5.41, 5.74) is -0.113. The molecule has 1 amide bonds. The lowest BCUT2D eigenvalue weighted by Crippen LogP contribution is -2.59. The minimum Gasteiger partial charge on any atom is -0.492 e. The van der Waals surface area contributed by atoms with E-state index >= 15 is 0 Å². The van der Waals surface area contributed by atoms with E-state index in [0.717, 1.165) is 42.0 Å². The molecule has 1 spiro atoms. The molecule has 1 saturated carbocycles. The number of likely N-dealkylation sites (tertiary alicyclic amines) is 1. The second kappa shape index (κ2) is 10.1. The lowest BCUT2D eigenvalue weighted by molar-refractivity contribution is -0.127. The van der Waals surface area contributed by atoms with E-state index in [2.05, 4.69) is 10.2 Å². The lowest BCUT2D eigenvalue weighted by Gasteiger charge is -2.43. The monoisotopic (exact) mass is 561 g/mol. The molecular weight excluding hydrogens is 528 g/mol. The summed E-state index contributed by atoms with van der Waals surface area (Å²) in [6, 6.07) is 6.37. The van der Waals surface area contributed by atoms with Crippen molar-refractivity contribution in [2.45, 2.75) is 61.1 Å². The molecule has 3 heterocycles. The highest BCUT2D eigenvalue weighted by atomic mass is 32.2. The minimum atomic E-state index is -4.25. The molecular formula is C28H33F2N3O5S. The number of benzene rings is 2. The molecule has 0 radical (unpaired) electrons. The number of aliphatic hydroxyl groups excluding tert-OH is 1. The third kappa shape index (κ3) is 5.29. The molecule has 3 fully saturated rings. The fourth-order valence-electron chi connectivity index (χ4n) is 6.11. The molecule has 2 atom stereocenters. The number of nitrogens with one attached hydrogen (secondary N) is 1. The van der Waals surface area contributed by atoms with E-state index in [4.69, 9.17) is 4.74 Å². The molecule has 6 rings (SSSR count). The molecule has 210 valence electrons. The van der Waals surface area contributed by atoms with Gasteiger partial charge in [-0.25, -0.2) is 17.2 Å². The Bertz CT molecular complexity index is 1380. The standard InChI is InChI=1S/C28H33F2N3O5S/c29-20-4-5-22(23(30)14-20)19-3-6-26-25(13-19)38-12-9-28(7-10-32(11-8-28)16-18-1-2-18)31-27(35)24-15-21(34)17-33(24)39(26,36)37/h3-6,13-14,18,21,24,34H,1-2,7-12,15-17H2,(H,31,35)/t21-,24+/m1/s1. The molecule has 4 aliphatic rings. The molecule has 2 aromatic rings. The lowest BCUT2D eigenvalue weighted by atomic mass is 9.84. The smallest absolute Gasteiger partial charge is 0.247 e. The van der Waals surface area contributed by atoms with Crippen molar-refractivity contribution in [3.63, 3.8) is 0 Å². The van der Waals surface area contributed by atoms with Crippen molar-refractivity contribution in [1.82, 2.24) is 14.5 Å². The van der Waals surface area contributed by atoms with Gasteiger partial charge in [0.15, 0.2) is 0 Å². The van der Waals surface area contributed by atoms with Gasteiger partial charge in [0.25, 0.3) is 0 Å². The van der Waals surface area contributed by atoms with Crippen molar-refractivity contribution in [2.75, 3.05) is 32.8 Å². The van der Waals surface area contributed by atoms with Crippen LogP contribution >= 0.6 is 0 Å². The summed E-state index contributed by atoms with van der Waals surface area (Å²) >= 11 is 0. The van der Waals surface area contributed by atoms with Crippen LogP contribution in [0.4, 0.5) is 8.78 Å². The Balaban J connectivity index is 1.36. The van der Waals surface area contributed by atoms with Gasteiger partial charge in [-0.1, -0.05) is 6.07 Å². The van der Waals surface area contributed by atoms with Crippen molar-refractivity contribution < 1.29 is 31.8 Å². The van der Waals surface area contributed by atoms with Crippen molar-refractivity contribution in [1.29, 1.82) is 0 Å². The van der Waals surface area contributed by atoms with E-state index in [9.17, 15) is 27.1 Å². The third-order valence-electron chi connectivity index (χ3n) is 8.56.